The van der Waals surface area contributed by atoms with Crippen molar-refractivity contribution in [2.24, 2.45) is 5.92 Å². The largest absolute Gasteiger partial charge is 0.497 e. The van der Waals surface area contributed by atoms with E-state index in [-0.39, 0.29) is 24.7 Å². The molecule has 2 aromatic rings. The fourth-order valence-corrected chi connectivity index (χ4v) is 4.68. The molecule has 208 valence electrons. The van der Waals surface area contributed by atoms with E-state index in [1.54, 1.807) is 50.2 Å². The number of ether oxygens (including phenoxy) is 1. The lowest BCUT2D eigenvalue weighted by atomic mass is 9.92. The normalized spacial score (nSPS) is 16.1. The number of nitrogens with one attached hydrogen (secondary N) is 1. The van der Waals surface area contributed by atoms with Crippen LogP contribution in [0, 0.1) is 17.2 Å². The van der Waals surface area contributed by atoms with Gasteiger partial charge in [-0.1, -0.05) is 44.2 Å². The van der Waals surface area contributed by atoms with Crippen LogP contribution in [0.1, 0.15) is 43.7 Å². The molecule has 3 atom stereocenters. The van der Waals surface area contributed by atoms with Crippen molar-refractivity contribution < 1.29 is 32.3 Å². The number of hydrogen-bond donors (Lipinski definition) is 1. The average Bonchev–Trinajstić information content (AvgIpc) is 3.21. The summed E-state index contributed by atoms with van der Waals surface area (Å²) >= 11 is 0. The molecule has 39 heavy (non-hydrogen) atoms. The van der Waals surface area contributed by atoms with Crippen molar-refractivity contribution in [1.82, 2.24) is 9.80 Å². The number of alkyl halides is 3. The molecule has 2 aromatic carbocycles. The molecule has 0 aliphatic carbocycles. The Bertz CT molecular complexity index is 1260. The predicted molar refractivity (Wildman–Crippen MR) is 137 cm³/mol. The Kier molecular flexibility index (Phi) is 9.22. The summed E-state index contributed by atoms with van der Waals surface area (Å²) in [4.78, 5) is 40.6. The highest BCUT2D eigenvalue weighted by atomic mass is 19.4. The second kappa shape index (κ2) is 12.2. The molecule has 3 rings (SSSR count). The van der Waals surface area contributed by atoms with Gasteiger partial charge >= 0.3 is 12.1 Å². The fourth-order valence-electron chi connectivity index (χ4n) is 4.68. The predicted octanol–water partition coefficient (Wildman–Crippen LogP) is 4.48. The summed E-state index contributed by atoms with van der Waals surface area (Å²) in [6.07, 6.45) is -5.35. The molecule has 1 aliphatic heterocycles. The number of nitriles is 1. The molecule has 0 saturated heterocycles. The molecule has 0 fully saturated rings. The second-order valence-corrected chi connectivity index (χ2v) is 9.89. The smallest absolute Gasteiger partial charge is 0.471 e. The average molecular weight is 545 g/mol. The summed E-state index contributed by atoms with van der Waals surface area (Å²) in [6.45, 7) is 2.95. The Morgan fingerprint density at radius 3 is 2.46 bits per heavy atom. The van der Waals surface area contributed by atoms with Gasteiger partial charge in [-0.25, -0.2) is 0 Å². The van der Waals surface area contributed by atoms with Gasteiger partial charge < -0.3 is 19.9 Å². The van der Waals surface area contributed by atoms with E-state index in [2.05, 4.69) is 5.32 Å². The van der Waals surface area contributed by atoms with E-state index >= 15 is 0 Å². The lowest BCUT2D eigenvalue weighted by molar-refractivity contribution is -0.190. The molecule has 1 heterocycles. The van der Waals surface area contributed by atoms with E-state index in [0.29, 0.717) is 27.5 Å². The van der Waals surface area contributed by atoms with E-state index in [9.17, 15) is 32.8 Å². The molecule has 8 nitrogen and oxygen atoms in total. The first-order chi connectivity index (χ1) is 18.4. The molecule has 0 bridgehead atoms. The summed E-state index contributed by atoms with van der Waals surface area (Å²) in [5.74, 6) is -3.89. The monoisotopic (exact) mass is 544 g/mol. The van der Waals surface area contributed by atoms with Crippen LogP contribution in [0.3, 0.4) is 0 Å². The topological polar surface area (TPSA) is 103 Å². The van der Waals surface area contributed by atoms with Crippen molar-refractivity contribution in [1.29, 1.82) is 5.26 Å². The van der Waals surface area contributed by atoms with Crippen LogP contribution in [-0.4, -0.2) is 59.9 Å². The van der Waals surface area contributed by atoms with E-state index in [1.165, 1.54) is 26.3 Å². The number of methoxy groups -OCH3 is 1. The van der Waals surface area contributed by atoms with Gasteiger partial charge in [0.2, 0.25) is 11.8 Å². The van der Waals surface area contributed by atoms with Crippen LogP contribution in [0.15, 0.2) is 48.5 Å². The molecular formula is C28H31F3N4O4. The highest BCUT2D eigenvalue weighted by Crippen LogP contribution is 2.36. The first-order valence-electron chi connectivity index (χ1n) is 12.4. The van der Waals surface area contributed by atoms with Crippen LogP contribution < -0.4 is 10.1 Å². The number of para-hydroxylation sites is 1. The number of carbonyl (C=O) groups excluding carboxylic acids is 3. The number of halogens is 3. The number of anilines is 1. The van der Waals surface area contributed by atoms with E-state index < -0.39 is 42.5 Å². The van der Waals surface area contributed by atoms with Gasteiger partial charge in [0, 0.05) is 19.3 Å². The van der Waals surface area contributed by atoms with Crippen molar-refractivity contribution in [3.63, 3.8) is 0 Å². The van der Waals surface area contributed by atoms with Gasteiger partial charge in [0.15, 0.2) is 0 Å². The zero-order valence-electron chi connectivity index (χ0n) is 22.2. The lowest BCUT2D eigenvalue weighted by Gasteiger charge is -2.36. The summed E-state index contributed by atoms with van der Waals surface area (Å²) < 4.78 is 46.4. The first kappa shape index (κ1) is 29.5. The zero-order valence-corrected chi connectivity index (χ0v) is 22.2. The third-order valence-corrected chi connectivity index (χ3v) is 6.68. The number of fused-ring (bicyclic) bond motifs is 1. The van der Waals surface area contributed by atoms with E-state index in [4.69, 9.17) is 4.74 Å². The summed E-state index contributed by atoms with van der Waals surface area (Å²) in [6, 6.07) is 12.6. The third-order valence-electron chi connectivity index (χ3n) is 6.68. The minimum atomic E-state index is -5.23. The standard InChI is InChI=1S/C28H31F3N4O4/c1-17(2)12-24(35(27(38)28(29,30)31)16-18-8-7-9-20(13-18)39-4)26(37)34(3)19(15-32)14-22-21-10-5-6-11-23(21)33-25(22)36/h5-11,13,17,19,22,24H,12,14,16H2,1-4H3,(H,33,36). The Morgan fingerprint density at radius 1 is 1.15 bits per heavy atom. The Morgan fingerprint density at radius 2 is 1.85 bits per heavy atom. The van der Waals surface area contributed by atoms with Crippen LogP contribution >= 0.6 is 0 Å². The number of amides is 3. The van der Waals surface area contributed by atoms with Gasteiger partial charge in [0.1, 0.15) is 17.8 Å². The van der Waals surface area contributed by atoms with Gasteiger partial charge in [-0.2, -0.15) is 18.4 Å². The maximum absolute atomic E-state index is 13.8. The van der Waals surface area contributed by atoms with Crippen molar-refractivity contribution in [2.75, 3.05) is 19.5 Å². The lowest BCUT2D eigenvalue weighted by Crippen LogP contribution is -2.55. The van der Waals surface area contributed by atoms with Crippen molar-refractivity contribution in [3.8, 4) is 11.8 Å². The van der Waals surface area contributed by atoms with Crippen molar-refractivity contribution in [3.05, 3.63) is 59.7 Å². The van der Waals surface area contributed by atoms with Crippen LogP contribution in [0.25, 0.3) is 0 Å². The summed E-state index contributed by atoms with van der Waals surface area (Å²) in [5, 5.41) is 12.7. The van der Waals surface area contributed by atoms with Crippen LogP contribution in [0.2, 0.25) is 0 Å². The van der Waals surface area contributed by atoms with Crippen LogP contribution in [0.5, 0.6) is 5.75 Å². The minimum absolute atomic E-state index is 0.0565. The number of carbonyl (C=O) groups is 3. The number of nitrogens with zero attached hydrogens (tertiary/aromatic N) is 3. The highest BCUT2D eigenvalue weighted by molar-refractivity contribution is 6.03. The van der Waals surface area contributed by atoms with E-state index in [1.807, 2.05) is 6.07 Å². The number of hydrogen-bond acceptors (Lipinski definition) is 5. The molecule has 0 radical (unpaired) electrons. The number of rotatable bonds is 10. The van der Waals surface area contributed by atoms with Crippen molar-refractivity contribution in [2.45, 2.75) is 57.4 Å². The van der Waals surface area contributed by atoms with Crippen LogP contribution in [0.4, 0.5) is 18.9 Å². The molecule has 0 spiro atoms. The fraction of sp³-hybridized carbons (Fsp3) is 0.429. The first-order valence-corrected chi connectivity index (χ1v) is 12.4. The Labute approximate surface area is 225 Å². The molecule has 11 heteroatoms. The summed E-state index contributed by atoms with van der Waals surface area (Å²) in [5.41, 5.74) is 1.62. The molecule has 3 unspecified atom stereocenters. The third kappa shape index (κ3) is 6.88. The maximum Gasteiger partial charge on any atom is 0.471 e. The molecule has 0 aromatic heterocycles. The molecule has 1 N–H and O–H groups in total. The zero-order chi connectivity index (χ0) is 28.9. The van der Waals surface area contributed by atoms with Gasteiger partial charge in [0.05, 0.1) is 19.1 Å². The van der Waals surface area contributed by atoms with Gasteiger partial charge in [-0.05, 0) is 48.1 Å². The van der Waals surface area contributed by atoms with Gasteiger partial charge in [-0.3, -0.25) is 14.4 Å². The molecular weight excluding hydrogens is 513 g/mol. The SMILES string of the molecule is COc1cccc(CN(C(=O)C(F)(F)F)C(CC(C)C)C(=O)N(C)C(C#N)CC2C(=O)Nc3ccccc32)c1. The molecule has 1 aliphatic rings. The minimum Gasteiger partial charge on any atom is -0.497 e. The van der Waals surface area contributed by atoms with Gasteiger partial charge in [0.25, 0.3) is 0 Å². The number of benzene rings is 2. The second-order valence-electron chi connectivity index (χ2n) is 9.89. The number of likely N-dealkylation sites (N-methyl/N-ethyl adjacent to an activating group) is 1. The Hall–Kier alpha value is -4.07. The maximum atomic E-state index is 13.8. The molecule has 3 amide bonds. The quantitative estimate of drug-likeness (QED) is 0.475. The van der Waals surface area contributed by atoms with Gasteiger partial charge in [-0.15, -0.1) is 0 Å². The van der Waals surface area contributed by atoms with E-state index in [0.717, 1.165) is 4.90 Å². The summed E-state index contributed by atoms with van der Waals surface area (Å²) in [7, 11) is 2.72. The highest BCUT2D eigenvalue weighted by Gasteiger charge is 2.47. The Balaban J connectivity index is 1.94. The van der Waals surface area contributed by atoms with Crippen molar-refractivity contribution >= 4 is 23.4 Å². The molecule has 0 saturated carbocycles. The van der Waals surface area contributed by atoms with Crippen LogP contribution in [-0.2, 0) is 20.9 Å².